The number of rotatable bonds is 4. The monoisotopic (exact) mass is 356 g/mol. The minimum atomic E-state index is -3.68. The summed E-state index contributed by atoms with van der Waals surface area (Å²) in [7, 11) is -3.68. The van der Waals surface area contributed by atoms with Gasteiger partial charge in [-0.05, 0) is 52.7 Å². The second-order valence-electron chi connectivity index (χ2n) is 4.21. The average molecular weight is 357 g/mol. The maximum Gasteiger partial charge on any atom is 0.263 e. The second-order valence-corrected chi connectivity index (χ2v) is 6.81. The number of hydrogen-bond acceptors (Lipinski definition) is 4. The summed E-state index contributed by atoms with van der Waals surface area (Å²) in [5, 5.41) is 9.40. The van der Waals surface area contributed by atoms with Crippen LogP contribution in [0, 0.1) is 0 Å². The summed E-state index contributed by atoms with van der Waals surface area (Å²) in [4.78, 5) is 4.07. The molecule has 5 nitrogen and oxygen atoms in total. The molecule has 2 rings (SSSR count). The molecular weight excluding hydrogens is 344 g/mol. The van der Waals surface area contributed by atoms with E-state index in [2.05, 4.69) is 25.6 Å². The Kier molecular flexibility index (Phi) is 4.42. The molecule has 1 atom stereocenters. The number of nitrogens with zero attached hydrogens (tertiary/aromatic N) is 1. The summed E-state index contributed by atoms with van der Waals surface area (Å²) >= 11 is 3.23. The number of hydrogen-bond donors (Lipinski definition) is 2. The van der Waals surface area contributed by atoms with Crippen LogP contribution in [0.15, 0.2) is 52.0 Å². The van der Waals surface area contributed by atoms with Crippen molar-refractivity contribution in [1.29, 1.82) is 0 Å². The molecule has 0 aliphatic rings. The zero-order chi connectivity index (χ0) is 14.8. The molecule has 1 aromatic carbocycles. The van der Waals surface area contributed by atoms with E-state index < -0.39 is 16.1 Å². The standard InChI is InChI=1S/C13H13BrN2O3S/c1-9(17)10-2-5-12(6-3-10)20(18,19)16-13-7-4-11(14)8-15-13/h2-9,17H,1H3,(H,15,16). The van der Waals surface area contributed by atoms with E-state index in [0.29, 0.717) is 5.56 Å². The molecule has 1 aromatic heterocycles. The molecule has 0 amide bonds. The largest absolute Gasteiger partial charge is 0.389 e. The van der Waals surface area contributed by atoms with Gasteiger partial charge in [-0.25, -0.2) is 13.4 Å². The van der Waals surface area contributed by atoms with Crippen LogP contribution in [-0.2, 0) is 10.0 Å². The Bertz CT molecular complexity index is 683. The maximum atomic E-state index is 12.1. The van der Waals surface area contributed by atoms with E-state index in [9.17, 15) is 13.5 Å². The molecule has 0 saturated heterocycles. The highest BCUT2D eigenvalue weighted by Crippen LogP contribution is 2.19. The molecule has 0 bridgehead atoms. The van der Waals surface area contributed by atoms with Crippen molar-refractivity contribution >= 4 is 31.8 Å². The minimum absolute atomic E-state index is 0.117. The Labute approximate surface area is 125 Å². The smallest absolute Gasteiger partial charge is 0.263 e. The van der Waals surface area contributed by atoms with Gasteiger partial charge in [0.25, 0.3) is 10.0 Å². The summed E-state index contributed by atoms with van der Waals surface area (Å²) in [6.07, 6.45) is 0.877. The molecule has 106 valence electrons. The molecule has 1 unspecified atom stereocenters. The Morgan fingerprint density at radius 2 is 1.85 bits per heavy atom. The van der Waals surface area contributed by atoms with E-state index >= 15 is 0 Å². The summed E-state index contributed by atoms with van der Waals surface area (Å²) in [5.74, 6) is 0.243. The predicted octanol–water partition coefficient (Wildman–Crippen LogP) is 2.70. The summed E-state index contributed by atoms with van der Waals surface area (Å²) in [5.41, 5.74) is 0.658. The first-order valence-electron chi connectivity index (χ1n) is 5.81. The number of aliphatic hydroxyl groups is 1. The third-order valence-corrected chi connectivity index (χ3v) is 4.48. The Balaban J connectivity index is 2.23. The zero-order valence-corrected chi connectivity index (χ0v) is 13.0. The van der Waals surface area contributed by atoms with Crippen LogP contribution in [0.25, 0.3) is 0 Å². The summed E-state index contributed by atoms with van der Waals surface area (Å²) in [6, 6.07) is 9.31. The van der Waals surface area contributed by atoms with Crippen LogP contribution in [0.3, 0.4) is 0 Å². The van der Waals surface area contributed by atoms with Crippen molar-refractivity contribution in [3.8, 4) is 0 Å². The van der Waals surface area contributed by atoms with Crippen LogP contribution in [0.1, 0.15) is 18.6 Å². The number of pyridine rings is 1. The van der Waals surface area contributed by atoms with Crippen LogP contribution < -0.4 is 4.72 Å². The van der Waals surface area contributed by atoms with Gasteiger partial charge >= 0.3 is 0 Å². The van der Waals surface area contributed by atoms with Crippen molar-refractivity contribution in [2.45, 2.75) is 17.9 Å². The molecule has 2 aromatic rings. The van der Waals surface area contributed by atoms with E-state index in [1.807, 2.05) is 0 Å². The first-order chi connectivity index (χ1) is 9.38. The molecular formula is C13H13BrN2O3S. The molecule has 2 N–H and O–H groups in total. The van der Waals surface area contributed by atoms with Crippen molar-refractivity contribution in [2.75, 3.05) is 4.72 Å². The van der Waals surface area contributed by atoms with Gasteiger partial charge in [-0.3, -0.25) is 4.72 Å². The second kappa shape index (κ2) is 5.90. The Morgan fingerprint density at radius 1 is 1.20 bits per heavy atom. The van der Waals surface area contributed by atoms with Gasteiger partial charge in [0.1, 0.15) is 5.82 Å². The molecule has 0 radical (unpaired) electrons. The lowest BCUT2D eigenvalue weighted by atomic mass is 10.1. The van der Waals surface area contributed by atoms with Gasteiger partial charge in [-0.15, -0.1) is 0 Å². The van der Waals surface area contributed by atoms with Crippen molar-refractivity contribution in [1.82, 2.24) is 4.98 Å². The van der Waals surface area contributed by atoms with Crippen molar-refractivity contribution in [3.63, 3.8) is 0 Å². The molecule has 7 heteroatoms. The van der Waals surface area contributed by atoms with Crippen LogP contribution in [-0.4, -0.2) is 18.5 Å². The first kappa shape index (κ1) is 15.0. The molecule has 0 aliphatic heterocycles. The number of aromatic nitrogens is 1. The molecule has 1 heterocycles. The predicted molar refractivity (Wildman–Crippen MR) is 79.8 cm³/mol. The van der Waals surface area contributed by atoms with Crippen LogP contribution in [0.2, 0.25) is 0 Å². The van der Waals surface area contributed by atoms with Crippen molar-refractivity contribution < 1.29 is 13.5 Å². The van der Waals surface area contributed by atoms with Gasteiger partial charge in [-0.2, -0.15) is 0 Å². The molecule has 0 saturated carbocycles. The van der Waals surface area contributed by atoms with Gasteiger partial charge in [0.15, 0.2) is 0 Å². The van der Waals surface area contributed by atoms with Crippen LogP contribution in [0.5, 0.6) is 0 Å². The fourth-order valence-electron chi connectivity index (χ4n) is 1.56. The minimum Gasteiger partial charge on any atom is -0.389 e. The fraction of sp³-hybridized carbons (Fsp3) is 0.154. The molecule has 0 spiro atoms. The third-order valence-electron chi connectivity index (χ3n) is 2.64. The summed E-state index contributed by atoms with van der Waals surface area (Å²) < 4.78 is 27.4. The van der Waals surface area contributed by atoms with E-state index in [1.165, 1.54) is 18.3 Å². The number of benzene rings is 1. The third kappa shape index (κ3) is 3.56. The Hall–Kier alpha value is -1.44. The highest BCUT2D eigenvalue weighted by Gasteiger charge is 2.15. The highest BCUT2D eigenvalue weighted by atomic mass is 79.9. The van der Waals surface area contributed by atoms with Gasteiger partial charge in [-0.1, -0.05) is 12.1 Å². The van der Waals surface area contributed by atoms with Gasteiger partial charge in [0, 0.05) is 10.7 Å². The lowest BCUT2D eigenvalue weighted by Gasteiger charge is -2.09. The molecule has 20 heavy (non-hydrogen) atoms. The van der Waals surface area contributed by atoms with E-state index in [-0.39, 0.29) is 10.7 Å². The first-order valence-corrected chi connectivity index (χ1v) is 8.08. The number of nitrogens with one attached hydrogen (secondary N) is 1. The fourth-order valence-corrected chi connectivity index (χ4v) is 2.80. The highest BCUT2D eigenvalue weighted by molar-refractivity contribution is 9.10. The number of sulfonamides is 1. The van der Waals surface area contributed by atoms with Gasteiger partial charge in [0.05, 0.1) is 11.0 Å². The lowest BCUT2D eigenvalue weighted by Crippen LogP contribution is -2.13. The van der Waals surface area contributed by atoms with Gasteiger partial charge in [0.2, 0.25) is 0 Å². The average Bonchev–Trinajstić information content (AvgIpc) is 2.41. The molecule has 0 fully saturated rings. The number of anilines is 1. The van der Waals surface area contributed by atoms with Crippen LogP contribution in [0.4, 0.5) is 5.82 Å². The van der Waals surface area contributed by atoms with Crippen LogP contribution >= 0.6 is 15.9 Å². The van der Waals surface area contributed by atoms with Gasteiger partial charge < -0.3 is 5.11 Å². The number of halogens is 1. The topological polar surface area (TPSA) is 79.3 Å². The molecule has 0 aliphatic carbocycles. The Morgan fingerprint density at radius 3 is 2.35 bits per heavy atom. The van der Waals surface area contributed by atoms with Crippen molar-refractivity contribution in [2.24, 2.45) is 0 Å². The quantitative estimate of drug-likeness (QED) is 0.882. The van der Waals surface area contributed by atoms with E-state index in [1.54, 1.807) is 31.2 Å². The summed E-state index contributed by atoms with van der Waals surface area (Å²) in [6.45, 7) is 1.62. The van der Waals surface area contributed by atoms with E-state index in [0.717, 1.165) is 4.47 Å². The maximum absolute atomic E-state index is 12.1. The van der Waals surface area contributed by atoms with Crippen molar-refractivity contribution in [3.05, 3.63) is 52.6 Å². The SMILES string of the molecule is CC(O)c1ccc(S(=O)(=O)Nc2ccc(Br)cn2)cc1. The number of aliphatic hydroxyl groups excluding tert-OH is 1. The zero-order valence-electron chi connectivity index (χ0n) is 10.6. The normalized spacial score (nSPS) is 12.9. The lowest BCUT2D eigenvalue weighted by molar-refractivity contribution is 0.199. The van der Waals surface area contributed by atoms with E-state index in [4.69, 9.17) is 0 Å².